The van der Waals surface area contributed by atoms with Gasteiger partial charge in [0.15, 0.2) is 5.69 Å². The topological polar surface area (TPSA) is 141 Å². The van der Waals surface area contributed by atoms with Gasteiger partial charge in [-0.25, -0.2) is 19.6 Å². The van der Waals surface area contributed by atoms with Crippen LogP contribution in [-0.2, 0) is 0 Å². The maximum Gasteiger partial charge on any atom is 0.355 e. The predicted octanol–water partition coefficient (Wildman–Crippen LogP) is 1.92. The minimum atomic E-state index is -1.38. The maximum atomic E-state index is 10.4. The number of aromatic carboxylic acids is 2. The number of aliphatic hydroxyl groups is 2. The van der Waals surface area contributed by atoms with Crippen LogP contribution in [0.25, 0.3) is 0 Å². The summed E-state index contributed by atoms with van der Waals surface area (Å²) in [5.41, 5.74) is -0.720. The highest BCUT2D eigenvalue weighted by atomic mass is 16.4. The van der Waals surface area contributed by atoms with Gasteiger partial charge in [-0.05, 0) is 10.8 Å². The van der Waals surface area contributed by atoms with Crippen LogP contribution in [0.5, 0.6) is 0 Å². The average molecular weight is 344 g/mol. The quantitative estimate of drug-likeness (QED) is 0.637. The second kappa shape index (κ2) is 10.7. The van der Waals surface area contributed by atoms with Gasteiger partial charge in [-0.15, -0.1) is 0 Å². The molecule has 0 spiro atoms. The molecule has 0 radical (unpaired) electrons. The van der Waals surface area contributed by atoms with Crippen molar-refractivity contribution in [3.8, 4) is 0 Å². The largest absolute Gasteiger partial charge is 0.478 e. The lowest BCUT2D eigenvalue weighted by atomic mass is 9.99. The molecule has 8 heteroatoms. The molecule has 0 fully saturated rings. The number of hydrogen-bond donors (Lipinski definition) is 4. The lowest BCUT2D eigenvalue weighted by Gasteiger charge is -2.11. The van der Waals surface area contributed by atoms with Gasteiger partial charge in [0.2, 0.25) is 0 Å². The average Bonchev–Trinajstić information content (AvgIpc) is 2.47. The fraction of sp³-hybridized carbons (Fsp3) is 0.625. The molecule has 4 N–H and O–H groups in total. The fourth-order valence-corrected chi connectivity index (χ4v) is 0.657. The van der Waals surface area contributed by atoms with E-state index in [0.717, 1.165) is 12.5 Å². The Labute approximate surface area is 142 Å². The van der Waals surface area contributed by atoms with Crippen LogP contribution in [-0.4, -0.2) is 55.5 Å². The zero-order valence-electron chi connectivity index (χ0n) is 15.1. The third-order valence-corrected chi connectivity index (χ3v) is 2.09. The molecule has 1 rings (SSSR count). The third-order valence-electron chi connectivity index (χ3n) is 2.09. The van der Waals surface area contributed by atoms with E-state index in [9.17, 15) is 9.59 Å². The first kappa shape index (κ1) is 24.2. The smallest absolute Gasteiger partial charge is 0.355 e. The molecule has 0 amide bonds. The van der Waals surface area contributed by atoms with Crippen molar-refractivity contribution in [2.75, 3.05) is 13.2 Å². The Morgan fingerprint density at radius 3 is 1.50 bits per heavy atom. The lowest BCUT2D eigenvalue weighted by Crippen LogP contribution is -2.10. The molecule has 1 heterocycles. The van der Waals surface area contributed by atoms with Crippen molar-refractivity contribution in [1.29, 1.82) is 0 Å². The molecule has 0 aliphatic rings. The Hall–Kier alpha value is -2.06. The summed E-state index contributed by atoms with van der Waals surface area (Å²) in [6, 6.07) is 0. The van der Waals surface area contributed by atoms with E-state index in [4.69, 9.17) is 20.4 Å². The van der Waals surface area contributed by atoms with Gasteiger partial charge >= 0.3 is 11.9 Å². The van der Waals surface area contributed by atoms with E-state index in [0.29, 0.717) is 0 Å². The highest BCUT2D eigenvalue weighted by Crippen LogP contribution is 2.09. The first-order valence-corrected chi connectivity index (χ1v) is 7.23. The summed E-state index contributed by atoms with van der Waals surface area (Å²) in [5, 5.41) is 33.7. The van der Waals surface area contributed by atoms with Crippen LogP contribution in [0.1, 0.15) is 62.4 Å². The number of hydrogen-bond acceptors (Lipinski definition) is 6. The number of rotatable bonds is 2. The standard InChI is InChI=1S/C6H4N2O4.2C5H12O/c9-5(10)3-1-7-2-8-4(3)6(11)12;2*1-5(2,3)4-6/h1-2H,(H,9,10)(H,11,12);2*6H,4H2,1-3H3. The molecule has 1 aromatic heterocycles. The van der Waals surface area contributed by atoms with Crippen LogP contribution in [0.15, 0.2) is 12.5 Å². The van der Waals surface area contributed by atoms with E-state index >= 15 is 0 Å². The molecular weight excluding hydrogens is 316 g/mol. The Balaban J connectivity index is 0. The fourth-order valence-electron chi connectivity index (χ4n) is 0.657. The van der Waals surface area contributed by atoms with Gasteiger partial charge in [-0.3, -0.25) is 0 Å². The molecule has 0 saturated heterocycles. The van der Waals surface area contributed by atoms with Crippen molar-refractivity contribution in [2.24, 2.45) is 10.8 Å². The van der Waals surface area contributed by atoms with Gasteiger partial charge in [-0.1, -0.05) is 41.5 Å². The minimum Gasteiger partial charge on any atom is -0.478 e. The van der Waals surface area contributed by atoms with Crippen molar-refractivity contribution in [1.82, 2.24) is 9.97 Å². The van der Waals surface area contributed by atoms with Gasteiger partial charge < -0.3 is 20.4 Å². The molecule has 1 aromatic rings. The van der Waals surface area contributed by atoms with E-state index in [1.165, 1.54) is 0 Å². The molecule has 24 heavy (non-hydrogen) atoms. The first-order chi connectivity index (χ1) is 10.7. The lowest BCUT2D eigenvalue weighted by molar-refractivity contribution is 0.0645. The van der Waals surface area contributed by atoms with Gasteiger partial charge in [0.1, 0.15) is 11.9 Å². The Morgan fingerprint density at radius 2 is 1.29 bits per heavy atom. The summed E-state index contributed by atoms with van der Waals surface area (Å²) < 4.78 is 0. The second-order valence-corrected chi connectivity index (χ2v) is 7.33. The first-order valence-electron chi connectivity index (χ1n) is 7.23. The van der Waals surface area contributed by atoms with Crippen LogP contribution in [0.2, 0.25) is 0 Å². The molecule has 0 aromatic carbocycles. The van der Waals surface area contributed by atoms with Crippen molar-refractivity contribution in [3.05, 3.63) is 23.8 Å². The summed E-state index contributed by atoms with van der Waals surface area (Å²) >= 11 is 0. The second-order valence-electron chi connectivity index (χ2n) is 7.33. The van der Waals surface area contributed by atoms with Crippen LogP contribution in [0.4, 0.5) is 0 Å². The van der Waals surface area contributed by atoms with Crippen molar-refractivity contribution in [3.63, 3.8) is 0 Å². The highest BCUT2D eigenvalue weighted by Gasteiger charge is 2.16. The normalized spacial score (nSPS) is 10.7. The Morgan fingerprint density at radius 1 is 0.917 bits per heavy atom. The Bertz CT molecular complexity index is 471. The van der Waals surface area contributed by atoms with Crippen LogP contribution in [0.3, 0.4) is 0 Å². The van der Waals surface area contributed by atoms with Gasteiger partial charge in [-0.2, -0.15) is 0 Å². The number of carbonyl (C=O) groups is 2. The number of aromatic nitrogens is 2. The van der Waals surface area contributed by atoms with E-state index < -0.39 is 23.2 Å². The van der Waals surface area contributed by atoms with Gasteiger partial charge in [0.25, 0.3) is 0 Å². The number of carboxylic acid groups (broad SMARTS) is 2. The monoisotopic (exact) mass is 344 g/mol. The number of aliphatic hydroxyl groups excluding tert-OH is 2. The summed E-state index contributed by atoms with van der Waals surface area (Å²) in [4.78, 5) is 27.5. The highest BCUT2D eigenvalue weighted by molar-refractivity contribution is 5.99. The third kappa shape index (κ3) is 13.6. The summed E-state index contributed by atoms with van der Waals surface area (Å²) in [7, 11) is 0. The molecule has 0 atom stereocenters. The van der Waals surface area contributed by atoms with Crippen LogP contribution < -0.4 is 0 Å². The molecule has 0 unspecified atom stereocenters. The SMILES string of the molecule is CC(C)(C)CO.CC(C)(C)CO.O=C(O)c1cncnc1C(=O)O. The predicted molar refractivity (Wildman–Crippen MR) is 89.0 cm³/mol. The molecule has 8 nitrogen and oxygen atoms in total. The van der Waals surface area contributed by atoms with Crippen molar-refractivity contribution < 1.29 is 30.0 Å². The molecule has 0 aliphatic heterocycles. The van der Waals surface area contributed by atoms with E-state index in [1.54, 1.807) is 0 Å². The Kier molecular flexibility index (Phi) is 10.8. The summed E-state index contributed by atoms with van der Waals surface area (Å²) in [6.07, 6.45) is 1.93. The minimum absolute atomic E-state index is 0.0972. The van der Waals surface area contributed by atoms with E-state index in [-0.39, 0.29) is 24.0 Å². The number of nitrogens with zero attached hydrogens (tertiary/aromatic N) is 2. The molecule has 0 bridgehead atoms. The van der Waals surface area contributed by atoms with E-state index in [2.05, 4.69) is 9.97 Å². The van der Waals surface area contributed by atoms with Gasteiger partial charge in [0, 0.05) is 19.4 Å². The zero-order valence-corrected chi connectivity index (χ0v) is 15.1. The summed E-state index contributed by atoms with van der Waals surface area (Å²) in [5.74, 6) is -2.73. The maximum absolute atomic E-state index is 10.4. The summed E-state index contributed by atoms with van der Waals surface area (Å²) in [6.45, 7) is 12.5. The molecule has 138 valence electrons. The molecule has 0 aliphatic carbocycles. The zero-order chi connectivity index (χ0) is 19.6. The van der Waals surface area contributed by atoms with E-state index in [1.807, 2.05) is 41.5 Å². The van der Waals surface area contributed by atoms with Crippen molar-refractivity contribution in [2.45, 2.75) is 41.5 Å². The number of carboxylic acids is 2. The van der Waals surface area contributed by atoms with Crippen LogP contribution in [0, 0.1) is 10.8 Å². The van der Waals surface area contributed by atoms with Gasteiger partial charge in [0.05, 0.1) is 0 Å². The molecular formula is C16H28N2O6. The van der Waals surface area contributed by atoms with Crippen molar-refractivity contribution >= 4 is 11.9 Å². The van der Waals surface area contributed by atoms with Crippen LogP contribution >= 0.6 is 0 Å². The molecule has 0 saturated carbocycles.